The summed E-state index contributed by atoms with van der Waals surface area (Å²) in [5, 5.41) is 5.28. The highest BCUT2D eigenvalue weighted by Gasteiger charge is 2.29. The van der Waals surface area contributed by atoms with Crippen LogP contribution in [0.25, 0.3) is 0 Å². The van der Waals surface area contributed by atoms with Crippen molar-refractivity contribution >= 4 is 28.3 Å². The number of hydrogen-bond donors (Lipinski definition) is 1. The van der Waals surface area contributed by atoms with E-state index in [-0.39, 0.29) is 30.4 Å². The van der Waals surface area contributed by atoms with Crippen molar-refractivity contribution in [2.75, 3.05) is 25.0 Å². The summed E-state index contributed by atoms with van der Waals surface area (Å²) in [6.07, 6.45) is 9.35. The minimum absolute atomic E-state index is 0.00678. The first-order chi connectivity index (χ1) is 11.7. The lowest BCUT2D eigenvalue weighted by atomic mass is 9.97. The number of carbonyl (C=O) groups excluding carboxylic acids is 2. The van der Waals surface area contributed by atoms with Gasteiger partial charge in [-0.05, 0) is 25.7 Å². The topological polar surface area (TPSA) is 71.5 Å². The summed E-state index contributed by atoms with van der Waals surface area (Å²) in [5.74, 6) is -0.204. The minimum atomic E-state index is -0.165. The largest absolute Gasteiger partial charge is 0.368 e. The number of nitrogens with one attached hydrogen (secondary N) is 1. The first kappa shape index (κ1) is 17.4. The summed E-state index contributed by atoms with van der Waals surface area (Å²) in [4.78, 5) is 30.6. The number of likely N-dealkylation sites (tertiary alicyclic amines) is 1. The molecule has 0 bridgehead atoms. The van der Waals surface area contributed by atoms with E-state index < -0.39 is 0 Å². The molecule has 0 aromatic carbocycles. The summed E-state index contributed by atoms with van der Waals surface area (Å²) in [5.41, 5.74) is 0. The number of rotatable bonds is 5. The average Bonchev–Trinajstić information content (AvgIpc) is 3.13. The quantitative estimate of drug-likeness (QED) is 0.885. The molecule has 2 amide bonds. The molecular formula is C17H25N3O3S. The molecule has 0 radical (unpaired) electrons. The molecule has 2 heterocycles. The molecule has 24 heavy (non-hydrogen) atoms. The van der Waals surface area contributed by atoms with Crippen molar-refractivity contribution in [2.24, 2.45) is 5.92 Å². The minimum Gasteiger partial charge on any atom is -0.368 e. The van der Waals surface area contributed by atoms with Crippen LogP contribution in [-0.4, -0.2) is 47.5 Å². The van der Waals surface area contributed by atoms with Gasteiger partial charge in [-0.2, -0.15) is 0 Å². The fraction of sp³-hybridized carbons (Fsp3) is 0.706. The van der Waals surface area contributed by atoms with Crippen molar-refractivity contribution in [2.45, 2.75) is 51.0 Å². The van der Waals surface area contributed by atoms with E-state index in [4.69, 9.17) is 4.74 Å². The Kier molecular flexibility index (Phi) is 6.20. The molecule has 1 aliphatic heterocycles. The van der Waals surface area contributed by atoms with Crippen molar-refractivity contribution in [3.8, 4) is 0 Å². The second kappa shape index (κ2) is 8.58. The van der Waals surface area contributed by atoms with Gasteiger partial charge in [0.25, 0.3) is 0 Å². The van der Waals surface area contributed by atoms with Gasteiger partial charge in [0, 0.05) is 24.7 Å². The third kappa shape index (κ3) is 4.77. The fourth-order valence-electron chi connectivity index (χ4n) is 3.42. The van der Waals surface area contributed by atoms with Crippen LogP contribution in [0.5, 0.6) is 0 Å². The van der Waals surface area contributed by atoms with Crippen LogP contribution in [0.15, 0.2) is 11.6 Å². The average molecular weight is 351 g/mol. The summed E-state index contributed by atoms with van der Waals surface area (Å²) < 4.78 is 5.78. The van der Waals surface area contributed by atoms with Crippen LogP contribution in [0.3, 0.4) is 0 Å². The van der Waals surface area contributed by atoms with Crippen molar-refractivity contribution < 1.29 is 14.3 Å². The zero-order chi connectivity index (χ0) is 16.8. The smallest absolute Gasteiger partial charge is 0.248 e. The van der Waals surface area contributed by atoms with Gasteiger partial charge in [-0.25, -0.2) is 4.98 Å². The van der Waals surface area contributed by atoms with E-state index in [0.29, 0.717) is 18.2 Å². The van der Waals surface area contributed by atoms with Crippen LogP contribution in [0.2, 0.25) is 0 Å². The van der Waals surface area contributed by atoms with Gasteiger partial charge in [-0.15, -0.1) is 11.3 Å². The SMILES string of the molecule is O=C(Nc1nccs1)[C@H]1CCCN(C(=O)COC2CCCCC2)C1. The molecule has 1 N–H and O–H groups in total. The molecule has 1 atom stereocenters. The van der Waals surface area contributed by atoms with Gasteiger partial charge < -0.3 is 15.0 Å². The Morgan fingerprint density at radius 2 is 2.08 bits per heavy atom. The van der Waals surface area contributed by atoms with Gasteiger partial charge in [0.1, 0.15) is 6.61 Å². The molecule has 132 valence electrons. The lowest BCUT2D eigenvalue weighted by Crippen LogP contribution is -2.45. The Bertz CT molecular complexity index is 543. The van der Waals surface area contributed by atoms with Crippen LogP contribution in [0.4, 0.5) is 5.13 Å². The van der Waals surface area contributed by atoms with E-state index >= 15 is 0 Å². The van der Waals surface area contributed by atoms with Crippen molar-refractivity contribution in [3.63, 3.8) is 0 Å². The molecule has 2 aliphatic rings. The van der Waals surface area contributed by atoms with Crippen LogP contribution in [-0.2, 0) is 14.3 Å². The molecular weight excluding hydrogens is 326 g/mol. The maximum absolute atomic E-state index is 12.4. The van der Waals surface area contributed by atoms with Gasteiger partial charge in [-0.3, -0.25) is 9.59 Å². The molecule has 6 nitrogen and oxygen atoms in total. The van der Waals surface area contributed by atoms with Crippen LogP contribution in [0, 0.1) is 5.92 Å². The Labute approximate surface area is 146 Å². The monoisotopic (exact) mass is 351 g/mol. The Morgan fingerprint density at radius 3 is 2.83 bits per heavy atom. The zero-order valence-electron chi connectivity index (χ0n) is 13.9. The highest BCUT2D eigenvalue weighted by molar-refractivity contribution is 7.13. The number of nitrogens with zero attached hydrogens (tertiary/aromatic N) is 2. The van der Waals surface area contributed by atoms with E-state index in [2.05, 4.69) is 10.3 Å². The third-order valence-corrected chi connectivity index (χ3v) is 5.49. The van der Waals surface area contributed by atoms with E-state index in [1.54, 1.807) is 11.1 Å². The predicted octanol–water partition coefficient (Wildman–Crippen LogP) is 2.67. The Hall–Kier alpha value is -1.47. The van der Waals surface area contributed by atoms with Gasteiger partial charge in [0.2, 0.25) is 11.8 Å². The number of piperidine rings is 1. The van der Waals surface area contributed by atoms with Crippen molar-refractivity contribution in [1.29, 1.82) is 0 Å². The highest BCUT2D eigenvalue weighted by atomic mass is 32.1. The number of aromatic nitrogens is 1. The second-order valence-electron chi connectivity index (χ2n) is 6.58. The number of hydrogen-bond acceptors (Lipinski definition) is 5. The number of thiazole rings is 1. The normalized spacial score (nSPS) is 22.3. The van der Waals surface area contributed by atoms with E-state index in [1.807, 2.05) is 5.38 Å². The first-order valence-corrected chi connectivity index (χ1v) is 9.70. The number of ether oxygens (including phenoxy) is 1. The lowest BCUT2D eigenvalue weighted by molar-refractivity contribution is -0.141. The summed E-state index contributed by atoms with van der Waals surface area (Å²) in [6.45, 7) is 1.34. The lowest BCUT2D eigenvalue weighted by Gasteiger charge is -2.32. The summed E-state index contributed by atoms with van der Waals surface area (Å²) in [7, 11) is 0. The number of carbonyl (C=O) groups is 2. The molecule has 3 rings (SSSR count). The van der Waals surface area contributed by atoms with Gasteiger partial charge in [0.05, 0.1) is 12.0 Å². The van der Waals surface area contributed by atoms with Crippen molar-refractivity contribution in [3.05, 3.63) is 11.6 Å². The van der Waals surface area contributed by atoms with Crippen LogP contribution in [0.1, 0.15) is 44.9 Å². The Balaban J connectivity index is 1.45. The molecule has 0 spiro atoms. The van der Waals surface area contributed by atoms with E-state index in [9.17, 15) is 9.59 Å². The molecule has 1 aromatic rings. The molecule has 1 saturated heterocycles. The van der Waals surface area contributed by atoms with E-state index in [1.165, 1.54) is 30.6 Å². The first-order valence-electron chi connectivity index (χ1n) is 8.82. The van der Waals surface area contributed by atoms with Crippen LogP contribution < -0.4 is 5.32 Å². The summed E-state index contributed by atoms with van der Waals surface area (Å²) in [6, 6.07) is 0. The number of amides is 2. The Morgan fingerprint density at radius 1 is 1.25 bits per heavy atom. The molecule has 1 saturated carbocycles. The van der Waals surface area contributed by atoms with Crippen LogP contribution >= 0.6 is 11.3 Å². The summed E-state index contributed by atoms with van der Waals surface area (Å²) >= 11 is 1.40. The highest BCUT2D eigenvalue weighted by Crippen LogP contribution is 2.22. The molecule has 2 fully saturated rings. The maximum Gasteiger partial charge on any atom is 0.248 e. The van der Waals surface area contributed by atoms with Gasteiger partial charge >= 0.3 is 0 Å². The maximum atomic E-state index is 12.4. The van der Waals surface area contributed by atoms with Crippen molar-refractivity contribution in [1.82, 2.24) is 9.88 Å². The molecule has 7 heteroatoms. The fourth-order valence-corrected chi connectivity index (χ4v) is 3.95. The third-order valence-electron chi connectivity index (χ3n) is 4.80. The molecule has 0 unspecified atom stereocenters. The predicted molar refractivity (Wildman–Crippen MR) is 92.9 cm³/mol. The number of anilines is 1. The second-order valence-corrected chi connectivity index (χ2v) is 7.47. The van der Waals surface area contributed by atoms with E-state index in [0.717, 1.165) is 25.7 Å². The standard InChI is InChI=1S/C17H25N3O3S/c21-15(12-23-14-6-2-1-3-7-14)20-9-4-5-13(11-20)16(22)19-17-18-8-10-24-17/h8,10,13-14H,1-7,9,11-12H2,(H,18,19,22)/t13-/m0/s1. The molecule has 1 aromatic heterocycles. The molecule has 1 aliphatic carbocycles. The van der Waals surface area contributed by atoms with Gasteiger partial charge in [-0.1, -0.05) is 19.3 Å². The zero-order valence-corrected chi connectivity index (χ0v) is 14.7. The van der Waals surface area contributed by atoms with Gasteiger partial charge in [0.15, 0.2) is 5.13 Å².